The lowest BCUT2D eigenvalue weighted by molar-refractivity contribution is 0.196. The summed E-state index contributed by atoms with van der Waals surface area (Å²) < 4.78 is 0. The lowest BCUT2D eigenvalue weighted by atomic mass is 10.1. The normalized spacial score (nSPS) is 19.1. The number of aliphatic hydroxyl groups is 1. The summed E-state index contributed by atoms with van der Waals surface area (Å²) in [5.74, 6) is 1.06. The third kappa shape index (κ3) is 2.97. The molecule has 1 aliphatic heterocycles. The Labute approximate surface area is 111 Å². The molecule has 1 aliphatic rings. The van der Waals surface area contributed by atoms with Gasteiger partial charge in [-0.15, -0.1) is 11.8 Å². The first-order chi connectivity index (χ1) is 8.74. The van der Waals surface area contributed by atoms with Gasteiger partial charge in [-0.3, -0.25) is 0 Å². The first-order valence-corrected chi connectivity index (χ1v) is 7.12. The van der Waals surface area contributed by atoms with E-state index in [4.69, 9.17) is 5.11 Å². The molecule has 0 bridgehead atoms. The average molecular weight is 266 g/mol. The van der Waals surface area contributed by atoms with E-state index in [-0.39, 0.29) is 18.7 Å². The Morgan fingerprint density at radius 1 is 1.44 bits per heavy atom. The predicted octanol–water partition coefficient (Wildman–Crippen LogP) is 1.86. The number of hydrogen-bond acceptors (Lipinski definition) is 3. The summed E-state index contributed by atoms with van der Waals surface area (Å²) in [6, 6.07) is 8.23. The summed E-state index contributed by atoms with van der Waals surface area (Å²) in [5.41, 5.74) is 1.12. The minimum absolute atomic E-state index is 0.00617. The van der Waals surface area contributed by atoms with Crippen LogP contribution < -0.4 is 5.32 Å². The van der Waals surface area contributed by atoms with Crippen LogP contribution in [0.1, 0.15) is 18.5 Å². The highest BCUT2D eigenvalue weighted by atomic mass is 32.2. The Morgan fingerprint density at radius 3 is 2.78 bits per heavy atom. The molecule has 0 aromatic heterocycles. The van der Waals surface area contributed by atoms with E-state index in [1.165, 1.54) is 4.90 Å². The number of thioether (sulfide) groups is 1. The van der Waals surface area contributed by atoms with E-state index in [9.17, 15) is 4.79 Å². The molecular formula is C13H18N2O2S. The van der Waals surface area contributed by atoms with Crippen molar-refractivity contribution in [3.05, 3.63) is 29.8 Å². The van der Waals surface area contributed by atoms with Crippen molar-refractivity contribution in [2.45, 2.75) is 17.9 Å². The van der Waals surface area contributed by atoms with E-state index in [2.05, 4.69) is 36.5 Å². The number of hydrogen-bond donors (Lipinski definition) is 2. The highest BCUT2D eigenvalue weighted by Crippen LogP contribution is 2.23. The van der Waals surface area contributed by atoms with Gasteiger partial charge in [0.2, 0.25) is 0 Å². The molecule has 4 nitrogen and oxygen atoms in total. The molecule has 98 valence electrons. The number of benzene rings is 1. The van der Waals surface area contributed by atoms with Gasteiger partial charge in [0, 0.05) is 18.0 Å². The van der Waals surface area contributed by atoms with Crippen LogP contribution >= 0.6 is 11.8 Å². The monoisotopic (exact) mass is 266 g/mol. The van der Waals surface area contributed by atoms with Gasteiger partial charge in [0.25, 0.3) is 0 Å². The molecule has 2 N–H and O–H groups in total. The standard InChI is InChI=1S/C13H18N2O2S/c1-2-18-11-5-3-10(4-6-11)12-9-15(7-8-16)13(17)14-12/h3-6,12,16H,2,7-9H2,1H3,(H,14,17). The maximum absolute atomic E-state index is 11.6. The second-order valence-electron chi connectivity index (χ2n) is 4.17. The number of carbonyl (C=O) groups excluding carboxylic acids is 1. The second-order valence-corrected chi connectivity index (χ2v) is 5.51. The summed E-state index contributed by atoms with van der Waals surface area (Å²) in [5, 5.41) is 11.8. The molecule has 1 heterocycles. The number of β-amino-alcohol motifs (C(OH)–C–C–N with tert-alkyl or cyclic N) is 1. The predicted molar refractivity (Wildman–Crippen MR) is 72.8 cm³/mol. The summed E-state index contributed by atoms with van der Waals surface area (Å²) >= 11 is 1.80. The van der Waals surface area contributed by atoms with Crippen LogP contribution in [0.4, 0.5) is 4.79 Å². The Bertz CT molecular complexity index is 408. The highest BCUT2D eigenvalue weighted by molar-refractivity contribution is 7.99. The molecule has 2 rings (SSSR count). The lowest BCUT2D eigenvalue weighted by Crippen LogP contribution is -2.30. The molecular weight excluding hydrogens is 248 g/mol. The zero-order valence-electron chi connectivity index (χ0n) is 10.4. The van der Waals surface area contributed by atoms with Gasteiger partial charge in [0.15, 0.2) is 0 Å². The van der Waals surface area contributed by atoms with E-state index in [0.717, 1.165) is 11.3 Å². The summed E-state index contributed by atoms with van der Waals surface area (Å²) in [4.78, 5) is 14.5. The maximum atomic E-state index is 11.6. The van der Waals surface area contributed by atoms with Crippen molar-refractivity contribution in [1.29, 1.82) is 0 Å². The molecule has 0 saturated carbocycles. The first kappa shape index (κ1) is 13.2. The molecule has 2 amide bonds. The Hall–Kier alpha value is -1.20. The molecule has 1 aromatic rings. The van der Waals surface area contributed by atoms with Gasteiger partial charge in [0.05, 0.1) is 12.6 Å². The van der Waals surface area contributed by atoms with Crippen LogP contribution in [0.25, 0.3) is 0 Å². The number of amides is 2. The molecule has 0 spiro atoms. The lowest BCUT2D eigenvalue weighted by Gasteiger charge is -2.13. The van der Waals surface area contributed by atoms with Crippen LogP contribution in [-0.2, 0) is 0 Å². The summed E-state index contributed by atoms with van der Waals surface area (Å²) in [7, 11) is 0. The fourth-order valence-corrected chi connectivity index (χ4v) is 2.72. The molecule has 1 atom stereocenters. The van der Waals surface area contributed by atoms with Gasteiger partial charge in [-0.1, -0.05) is 19.1 Å². The maximum Gasteiger partial charge on any atom is 0.318 e. The van der Waals surface area contributed by atoms with E-state index in [1.54, 1.807) is 16.7 Å². The van der Waals surface area contributed by atoms with E-state index in [0.29, 0.717) is 13.1 Å². The van der Waals surface area contributed by atoms with Crippen LogP contribution in [0.2, 0.25) is 0 Å². The van der Waals surface area contributed by atoms with Crippen molar-refractivity contribution in [1.82, 2.24) is 10.2 Å². The Kier molecular flexibility index (Phi) is 4.49. The van der Waals surface area contributed by atoms with Crippen molar-refractivity contribution >= 4 is 17.8 Å². The van der Waals surface area contributed by atoms with Crippen molar-refractivity contribution in [3.63, 3.8) is 0 Å². The van der Waals surface area contributed by atoms with Crippen LogP contribution in [0, 0.1) is 0 Å². The first-order valence-electron chi connectivity index (χ1n) is 6.13. The fourth-order valence-electron chi connectivity index (χ4n) is 2.05. The number of nitrogens with one attached hydrogen (secondary N) is 1. The fraction of sp³-hybridized carbons (Fsp3) is 0.462. The van der Waals surface area contributed by atoms with E-state index >= 15 is 0 Å². The zero-order chi connectivity index (χ0) is 13.0. The largest absolute Gasteiger partial charge is 0.395 e. The number of rotatable bonds is 5. The number of aliphatic hydroxyl groups excluding tert-OH is 1. The summed E-state index contributed by atoms with van der Waals surface area (Å²) in [6.07, 6.45) is 0. The van der Waals surface area contributed by atoms with Gasteiger partial charge in [-0.05, 0) is 23.4 Å². The quantitative estimate of drug-likeness (QED) is 0.800. The van der Waals surface area contributed by atoms with Crippen molar-refractivity contribution in [2.24, 2.45) is 0 Å². The third-order valence-corrected chi connectivity index (χ3v) is 3.85. The van der Waals surface area contributed by atoms with Gasteiger partial charge >= 0.3 is 6.03 Å². The topological polar surface area (TPSA) is 52.6 Å². The Balaban J connectivity index is 2.02. The molecule has 5 heteroatoms. The van der Waals surface area contributed by atoms with Crippen LogP contribution in [-0.4, -0.2) is 41.5 Å². The molecule has 1 saturated heterocycles. The number of nitrogens with zero attached hydrogens (tertiary/aromatic N) is 1. The van der Waals surface area contributed by atoms with Crippen molar-refractivity contribution < 1.29 is 9.90 Å². The zero-order valence-corrected chi connectivity index (χ0v) is 11.2. The number of urea groups is 1. The molecule has 1 fully saturated rings. The average Bonchev–Trinajstić information content (AvgIpc) is 2.73. The van der Waals surface area contributed by atoms with Gasteiger partial charge in [-0.2, -0.15) is 0 Å². The SMILES string of the molecule is CCSc1ccc(C2CN(CCO)C(=O)N2)cc1. The van der Waals surface area contributed by atoms with Crippen LogP contribution in [0.15, 0.2) is 29.2 Å². The van der Waals surface area contributed by atoms with Crippen molar-refractivity contribution in [3.8, 4) is 0 Å². The van der Waals surface area contributed by atoms with Gasteiger partial charge < -0.3 is 15.3 Å². The molecule has 1 unspecified atom stereocenters. The van der Waals surface area contributed by atoms with Gasteiger partial charge in [0.1, 0.15) is 0 Å². The Morgan fingerprint density at radius 2 is 2.17 bits per heavy atom. The second kappa shape index (κ2) is 6.11. The van der Waals surface area contributed by atoms with Crippen molar-refractivity contribution in [2.75, 3.05) is 25.4 Å². The van der Waals surface area contributed by atoms with Crippen LogP contribution in [0.5, 0.6) is 0 Å². The van der Waals surface area contributed by atoms with E-state index in [1.807, 2.05) is 0 Å². The molecule has 0 aliphatic carbocycles. The third-order valence-electron chi connectivity index (χ3n) is 2.95. The minimum Gasteiger partial charge on any atom is -0.395 e. The number of carbonyl (C=O) groups is 1. The minimum atomic E-state index is -0.0962. The summed E-state index contributed by atoms with van der Waals surface area (Å²) in [6.45, 7) is 3.15. The van der Waals surface area contributed by atoms with Crippen LogP contribution in [0.3, 0.4) is 0 Å². The smallest absolute Gasteiger partial charge is 0.318 e. The molecule has 18 heavy (non-hydrogen) atoms. The van der Waals surface area contributed by atoms with E-state index < -0.39 is 0 Å². The molecule has 1 aromatic carbocycles. The van der Waals surface area contributed by atoms with Gasteiger partial charge in [-0.25, -0.2) is 4.79 Å². The molecule has 0 radical (unpaired) electrons. The highest BCUT2D eigenvalue weighted by Gasteiger charge is 2.28.